The third-order valence-electron chi connectivity index (χ3n) is 6.41. The molecule has 3 aromatic rings. The van der Waals surface area contributed by atoms with Gasteiger partial charge in [-0.3, -0.25) is 9.69 Å². The van der Waals surface area contributed by atoms with Gasteiger partial charge in [0.25, 0.3) is 5.56 Å². The van der Waals surface area contributed by atoms with Crippen LogP contribution >= 0.6 is 22.9 Å². The first-order chi connectivity index (χ1) is 13.7. The highest BCUT2D eigenvalue weighted by Crippen LogP contribution is 2.37. The van der Waals surface area contributed by atoms with Crippen molar-refractivity contribution in [3.8, 4) is 11.1 Å². The maximum Gasteiger partial charge on any atom is 0.260 e. The van der Waals surface area contributed by atoms with Crippen molar-refractivity contribution < 1.29 is 0 Å². The van der Waals surface area contributed by atoms with E-state index in [1.54, 1.807) is 0 Å². The fraction of sp³-hybridized carbons (Fsp3) is 0.455. The second-order valence-corrected chi connectivity index (χ2v) is 9.42. The Morgan fingerprint density at radius 2 is 1.96 bits per heavy atom. The Kier molecular flexibility index (Phi) is 4.99. The van der Waals surface area contributed by atoms with Crippen LogP contribution in [0.4, 0.5) is 0 Å². The van der Waals surface area contributed by atoms with Crippen molar-refractivity contribution in [1.82, 2.24) is 14.9 Å². The van der Waals surface area contributed by atoms with E-state index in [4.69, 9.17) is 16.6 Å². The summed E-state index contributed by atoms with van der Waals surface area (Å²) >= 11 is 7.87. The van der Waals surface area contributed by atoms with Crippen LogP contribution in [-0.4, -0.2) is 28.0 Å². The lowest BCUT2D eigenvalue weighted by Crippen LogP contribution is -2.41. The number of nitrogens with one attached hydrogen (secondary N) is 1. The van der Waals surface area contributed by atoms with Gasteiger partial charge >= 0.3 is 0 Å². The minimum absolute atomic E-state index is 0.0660. The zero-order valence-corrected chi connectivity index (χ0v) is 17.4. The van der Waals surface area contributed by atoms with E-state index in [0.717, 1.165) is 53.3 Å². The van der Waals surface area contributed by atoms with Crippen molar-refractivity contribution in [1.29, 1.82) is 0 Å². The number of nitrogens with zero attached hydrogens (tertiary/aromatic N) is 2. The van der Waals surface area contributed by atoms with Crippen LogP contribution in [0.25, 0.3) is 21.3 Å². The van der Waals surface area contributed by atoms with Crippen molar-refractivity contribution >= 4 is 33.2 Å². The summed E-state index contributed by atoms with van der Waals surface area (Å²) in [5.74, 6) is 2.51. The molecule has 28 heavy (non-hydrogen) atoms. The molecule has 0 amide bonds. The third-order valence-corrected chi connectivity index (χ3v) is 7.61. The van der Waals surface area contributed by atoms with Gasteiger partial charge in [0.1, 0.15) is 10.7 Å². The van der Waals surface area contributed by atoms with Gasteiger partial charge in [0, 0.05) is 28.1 Å². The maximum atomic E-state index is 12.9. The van der Waals surface area contributed by atoms with E-state index in [-0.39, 0.29) is 5.56 Å². The first-order valence-corrected chi connectivity index (χ1v) is 11.4. The number of aromatic nitrogens is 2. The van der Waals surface area contributed by atoms with E-state index in [9.17, 15) is 4.79 Å². The minimum atomic E-state index is -0.0660. The Bertz CT molecular complexity index is 1060. The molecule has 6 heteroatoms. The summed E-state index contributed by atoms with van der Waals surface area (Å²) in [5, 5.41) is 3.29. The second-order valence-electron chi connectivity index (χ2n) is 8.15. The van der Waals surface area contributed by atoms with Crippen molar-refractivity contribution in [3.05, 3.63) is 50.8 Å². The Morgan fingerprint density at radius 1 is 1.14 bits per heavy atom. The molecule has 0 radical (unpaired) electrons. The quantitative estimate of drug-likeness (QED) is 0.632. The predicted molar refractivity (Wildman–Crippen MR) is 116 cm³/mol. The van der Waals surface area contributed by atoms with Gasteiger partial charge in [0.15, 0.2) is 0 Å². The fourth-order valence-electron chi connectivity index (χ4n) is 4.98. The number of H-pyrrole nitrogens is 1. The molecule has 2 aliphatic rings. The Hall–Kier alpha value is -1.69. The summed E-state index contributed by atoms with van der Waals surface area (Å²) in [7, 11) is 0. The number of aromatic amines is 1. The molecule has 1 aliphatic heterocycles. The summed E-state index contributed by atoms with van der Waals surface area (Å²) in [5.41, 5.74) is 1.69. The number of hydrogen-bond acceptors (Lipinski definition) is 4. The number of thiophene rings is 1. The summed E-state index contributed by atoms with van der Waals surface area (Å²) < 4.78 is 0. The highest BCUT2D eigenvalue weighted by atomic mass is 35.5. The number of fused-ring (bicyclic) bond motifs is 2. The lowest BCUT2D eigenvalue weighted by atomic mass is 9.75. The molecule has 1 saturated carbocycles. The van der Waals surface area contributed by atoms with Crippen LogP contribution in [0.15, 0.2) is 34.4 Å². The minimum Gasteiger partial charge on any atom is -0.309 e. The maximum absolute atomic E-state index is 12.9. The van der Waals surface area contributed by atoms with Crippen molar-refractivity contribution in [2.75, 3.05) is 13.1 Å². The van der Waals surface area contributed by atoms with Crippen molar-refractivity contribution in [2.24, 2.45) is 11.8 Å². The van der Waals surface area contributed by atoms with Crippen LogP contribution in [0, 0.1) is 11.8 Å². The Morgan fingerprint density at radius 3 is 2.82 bits per heavy atom. The summed E-state index contributed by atoms with van der Waals surface area (Å²) in [4.78, 5) is 24.0. The van der Waals surface area contributed by atoms with Gasteiger partial charge < -0.3 is 4.98 Å². The lowest BCUT2D eigenvalue weighted by Gasteiger charge is -2.41. The zero-order chi connectivity index (χ0) is 19.1. The molecule has 3 heterocycles. The van der Waals surface area contributed by atoms with E-state index in [1.807, 2.05) is 29.6 Å². The number of halogens is 1. The summed E-state index contributed by atoms with van der Waals surface area (Å²) in [6.07, 6.45) is 6.82. The molecule has 5 rings (SSSR count). The van der Waals surface area contributed by atoms with E-state index in [2.05, 4.69) is 9.88 Å². The van der Waals surface area contributed by atoms with Crippen LogP contribution in [0.5, 0.6) is 0 Å². The van der Waals surface area contributed by atoms with E-state index >= 15 is 0 Å². The molecule has 2 fully saturated rings. The van der Waals surface area contributed by atoms with Gasteiger partial charge in [0.2, 0.25) is 0 Å². The third kappa shape index (κ3) is 3.40. The largest absolute Gasteiger partial charge is 0.309 e. The summed E-state index contributed by atoms with van der Waals surface area (Å²) in [6, 6.07) is 7.64. The predicted octanol–water partition coefficient (Wildman–Crippen LogP) is 5.32. The molecular formula is C22H24ClN3OS. The highest BCUT2D eigenvalue weighted by molar-refractivity contribution is 7.17. The topological polar surface area (TPSA) is 49.0 Å². The molecule has 0 spiro atoms. The molecule has 1 saturated heterocycles. The van der Waals surface area contributed by atoms with Crippen LogP contribution < -0.4 is 5.56 Å². The van der Waals surface area contributed by atoms with Gasteiger partial charge in [0.05, 0.1) is 11.9 Å². The van der Waals surface area contributed by atoms with Crippen LogP contribution in [-0.2, 0) is 6.54 Å². The second kappa shape index (κ2) is 7.62. The van der Waals surface area contributed by atoms with E-state index < -0.39 is 0 Å². The van der Waals surface area contributed by atoms with Crippen LogP contribution in [0.2, 0.25) is 5.02 Å². The summed E-state index contributed by atoms with van der Waals surface area (Å²) in [6.45, 7) is 2.98. The average Bonchev–Trinajstić information content (AvgIpc) is 3.12. The molecule has 0 bridgehead atoms. The molecule has 1 aromatic carbocycles. The van der Waals surface area contributed by atoms with Crippen molar-refractivity contribution in [3.63, 3.8) is 0 Å². The molecule has 4 nitrogen and oxygen atoms in total. The molecule has 1 aliphatic carbocycles. The standard InChI is InChI=1S/C22H24ClN3OS/c23-18-8-4-3-7-16(18)17-13-28-22-20(17)21(27)24-19(25-22)12-26-10-9-14-5-1-2-6-15(14)11-26/h3-4,7-8,13-15H,1-2,5-6,9-12H2,(H,24,25,27)/t14-,15+/m1/s1. The van der Waals surface area contributed by atoms with Gasteiger partial charge in [-0.1, -0.05) is 49.1 Å². The van der Waals surface area contributed by atoms with Gasteiger partial charge in [-0.05, 0) is 37.3 Å². The normalized spacial score (nSPS) is 23.0. The number of rotatable bonds is 3. The zero-order valence-electron chi connectivity index (χ0n) is 15.8. The first-order valence-electron chi connectivity index (χ1n) is 10.2. The Labute approximate surface area is 173 Å². The molecule has 0 unspecified atom stereocenters. The van der Waals surface area contributed by atoms with E-state index in [1.165, 1.54) is 43.4 Å². The SMILES string of the molecule is O=c1[nH]c(CN2CC[C@H]3CCCC[C@H]3C2)nc2scc(-c3ccccc3Cl)c12. The smallest absolute Gasteiger partial charge is 0.260 e. The van der Waals surface area contributed by atoms with Gasteiger partial charge in [-0.25, -0.2) is 4.98 Å². The molecule has 1 N–H and O–H groups in total. The number of hydrogen-bond donors (Lipinski definition) is 1. The molecule has 2 aromatic heterocycles. The highest BCUT2D eigenvalue weighted by Gasteiger charge is 2.31. The molecule has 2 atom stereocenters. The average molecular weight is 414 g/mol. The van der Waals surface area contributed by atoms with Crippen LogP contribution in [0.1, 0.15) is 37.9 Å². The first kappa shape index (κ1) is 18.3. The number of benzene rings is 1. The Balaban J connectivity index is 1.42. The van der Waals surface area contributed by atoms with Gasteiger partial charge in [-0.2, -0.15) is 0 Å². The fourth-order valence-corrected chi connectivity index (χ4v) is 6.17. The van der Waals surface area contributed by atoms with E-state index in [0.29, 0.717) is 10.4 Å². The molecule has 146 valence electrons. The lowest BCUT2D eigenvalue weighted by molar-refractivity contribution is 0.0803. The van der Waals surface area contributed by atoms with Crippen LogP contribution in [0.3, 0.4) is 0 Å². The van der Waals surface area contributed by atoms with Crippen molar-refractivity contribution in [2.45, 2.75) is 38.6 Å². The monoisotopic (exact) mass is 413 g/mol. The molecular weight excluding hydrogens is 390 g/mol. The van der Waals surface area contributed by atoms with Gasteiger partial charge in [-0.15, -0.1) is 11.3 Å². The number of piperidine rings is 1. The number of likely N-dealkylation sites (tertiary alicyclic amines) is 1.